The molecule has 0 rings (SSSR count). The third-order valence-corrected chi connectivity index (χ3v) is 1.70. The number of carbonyl (C=O) groups excluding carboxylic acids is 1. The van der Waals surface area contributed by atoms with Gasteiger partial charge in [0, 0.05) is 13.6 Å². The van der Waals surface area contributed by atoms with Crippen molar-refractivity contribution in [3.8, 4) is 0 Å². The van der Waals surface area contributed by atoms with E-state index in [1.807, 2.05) is 20.8 Å². The minimum absolute atomic E-state index is 0.0745. The maximum Gasteiger partial charge on any atom is 0.238 e. The Morgan fingerprint density at radius 3 is 2.25 bits per heavy atom. The highest BCUT2D eigenvalue weighted by atomic mass is 79.9. The number of amides is 1. The molecule has 0 aliphatic heterocycles. The summed E-state index contributed by atoms with van der Waals surface area (Å²) in [6.45, 7) is 9.95. The third-order valence-electron chi connectivity index (χ3n) is 1.36. The summed E-state index contributed by atoms with van der Waals surface area (Å²) >= 11 is 3.31. The van der Waals surface area contributed by atoms with Crippen LogP contribution in [0.3, 0.4) is 0 Å². The molecule has 0 radical (unpaired) electrons. The smallest absolute Gasteiger partial charge is 0.238 e. The average molecular weight is 234 g/mol. The second kappa shape index (κ2) is 4.08. The van der Waals surface area contributed by atoms with Crippen molar-refractivity contribution in [2.45, 2.75) is 25.1 Å². The molecule has 0 fully saturated rings. The van der Waals surface area contributed by atoms with E-state index in [9.17, 15) is 4.79 Å². The molecule has 3 heteroatoms. The largest absolute Gasteiger partial charge is 0.341 e. The van der Waals surface area contributed by atoms with E-state index in [0.717, 1.165) is 5.57 Å². The molecule has 0 spiro atoms. The monoisotopic (exact) mass is 233 g/mol. The Bertz CT molecular complexity index is 193. The fourth-order valence-electron chi connectivity index (χ4n) is 0.931. The number of halogens is 1. The van der Waals surface area contributed by atoms with E-state index in [2.05, 4.69) is 22.5 Å². The van der Waals surface area contributed by atoms with Gasteiger partial charge < -0.3 is 4.90 Å². The highest BCUT2D eigenvalue weighted by molar-refractivity contribution is 9.10. The van der Waals surface area contributed by atoms with Gasteiger partial charge in [-0.2, -0.15) is 0 Å². The van der Waals surface area contributed by atoms with Crippen molar-refractivity contribution in [2.75, 3.05) is 13.6 Å². The van der Waals surface area contributed by atoms with Gasteiger partial charge >= 0.3 is 0 Å². The first kappa shape index (κ1) is 11.7. The van der Waals surface area contributed by atoms with Gasteiger partial charge in [0.2, 0.25) is 5.91 Å². The Labute approximate surface area is 82.8 Å². The van der Waals surface area contributed by atoms with E-state index in [1.165, 1.54) is 0 Å². The van der Waals surface area contributed by atoms with E-state index in [4.69, 9.17) is 0 Å². The van der Waals surface area contributed by atoms with Crippen LogP contribution < -0.4 is 0 Å². The molecular weight excluding hydrogens is 218 g/mol. The molecule has 0 N–H and O–H groups in total. The molecule has 0 saturated carbocycles. The van der Waals surface area contributed by atoms with Gasteiger partial charge in [-0.3, -0.25) is 4.79 Å². The van der Waals surface area contributed by atoms with E-state index in [0.29, 0.717) is 6.54 Å². The molecule has 0 heterocycles. The SMILES string of the molecule is C=C(C)CN(C)C(=O)C(C)(C)Br. The summed E-state index contributed by atoms with van der Waals surface area (Å²) < 4.78 is -0.475. The number of nitrogens with zero attached hydrogens (tertiary/aromatic N) is 1. The molecule has 2 nitrogen and oxygen atoms in total. The quantitative estimate of drug-likeness (QED) is 0.541. The van der Waals surface area contributed by atoms with Gasteiger partial charge in [-0.25, -0.2) is 0 Å². The van der Waals surface area contributed by atoms with Crippen molar-refractivity contribution in [3.63, 3.8) is 0 Å². The van der Waals surface area contributed by atoms with Crippen LogP contribution in [-0.2, 0) is 4.79 Å². The second-order valence-corrected chi connectivity index (χ2v) is 5.57. The molecule has 70 valence electrons. The molecule has 0 aromatic rings. The summed E-state index contributed by atoms with van der Waals surface area (Å²) in [7, 11) is 1.78. The predicted molar refractivity (Wildman–Crippen MR) is 55.5 cm³/mol. The molecule has 0 unspecified atom stereocenters. The van der Waals surface area contributed by atoms with Crippen molar-refractivity contribution < 1.29 is 4.79 Å². The molecule has 0 atom stereocenters. The standard InChI is InChI=1S/C9H16BrNO/c1-7(2)6-11(5)8(12)9(3,4)10/h1,6H2,2-5H3. The molecule has 0 saturated heterocycles. The van der Waals surface area contributed by atoms with Crippen molar-refractivity contribution in [3.05, 3.63) is 12.2 Å². The second-order valence-electron chi connectivity index (χ2n) is 3.59. The first-order valence-corrected chi connectivity index (χ1v) is 4.63. The molecule has 0 bridgehead atoms. The molecule has 0 aliphatic carbocycles. The number of carbonyl (C=O) groups is 1. The topological polar surface area (TPSA) is 20.3 Å². The van der Waals surface area contributed by atoms with Gasteiger partial charge in [0.15, 0.2) is 0 Å². The van der Waals surface area contributed by atoms with Crippen LogP contribution in [0.1, 0.15) is 20.8 Å². The summed E-state index contributed by atoms with van der Waals surface area (Å²) in [6.07, 6.45) is 0. The lowest BCUT2D eigenvalue weighted by atomic mass is 10.2. The molecule has 0 aliphatic rings. The molecule has 1 amide bonds. The van der Waals surface area contributed by atoms with Crippen LogP contribution in [0.5, 0.6) is 0 Å². The van der Waals surface area contributed by atoms with Crippen molar-refractivity contribution in [2.24, 2.45) is 0 Å². The first-order chi connectivity index (χ1) is 5.25. The summed E-state index contributed by atoms with van der Waals surface area (Å²) in [5.74, 6) is 0.0745. The van der Waals surface area contributed by atoms with Crippen LogP contribution in [-0.4, -0.2) is 28.7 Å². The Morgan fingerprint density at radius 2 is 2.00 bits per heavy atom. The summed E-state index contributed by atoms with van der Waals surface area (Å²) in [6, 6.07) is 0. The fraction of sp³-hybridized carbons (Fsp3) is 0.667. The summed E-state index contributed by atoms with van der Waals surface area (Å²) in [5, 5.41) is 0. The average Bonchev–Trinajstić information content (AvgIpc) is 1.82. The fourth-order valence-corrected chi connectivity index (χ4v) is 1.23. The number of alkyl halides is 1. The van der Waals surface area contributed by atoms with Crippen LogP contribution in [0.25, 0.3) is 0 Å². The lowest BCUT2D eigenvalue weighted by Gasteiger charge is -2.24. The highest BCUT2D eigenvalue weighted by Gasteiger charge is 2.26. The maximum absolute atomic E-state index is 11.5. The lowest BCUT2D eigenvalue weighted by molar-refractivity contribution is -0.131. The van der Waals surface area contributed by atoms with Crippen molar-refractivity contribution >= 4 is 21.8 Å². The minimum atomic E-state index is -0.475. The van der Waals surface area contributed by atoms with E-state index >= 15 is 0 Å². The Morgan fingerprint density at radius 1 is 1.58 bits per heavy atom. The number of likely N-dealkylation sites (N-methyl/N-ethyl adjacent to an activating group) is 1. The summed E-state index contributed by atoms with van der Waals surface area (Å²) in [5.41, 5.74) is 0.989. The number of hydrogen-bond acceptors (Lipinski definition) is 1. The van der Waals surface area contributed by atoms with Crippen LogP contribution >= 0.6 is 15.9 Å². The Kier molecular flexibility index (Phi) is 3.97. The lowest BCUT2D eigenvalue weighted by Crippen LogP contribution is -2.39. The van der Waals surface area contributed by atoms with Crippen LogP contribution in [0.2, 0.25) is 0 Å². The first-order valence-electron chi connectivity index (χ1n) is 3.84. The van der Waals surface area contributed by atoms with Crippen LogP contribution in [0.4, 0.5) is 0 Å². The number of rotatable bonds is 3. The highest BCUT2D eigenvalue weighted by Crippen LogP contribution is 2.18. The maximum atomic E-state index is 11.5. The van der Waals surface area contributed by atoms with Gasteiger partial charge in [0.25, 0.3) is 0 Å². The Balaban J connectivity index is 4.21. The van der Waals surface area contributed by atoms with Crippen molar-refractivity contribution in [1.82, 2.24) is 4.90 Å². The van der Waals surface area contributed by atoms with Gasteiger partial charge in [0.05, 0.1) is 4.32 Å². The van der Waals surface area contributed by atoms with E-state index < -0.39 is 4.32 Å². The third kappa shape index (κ3) is 3.90. The Hall–Kier alpha value is -0.310. The van der Waals surface area contributed by atoms with Crippen LogP contribution in [0.15, 0.2) is 12.2 Å². The predicted octanol–water partition coefficient (Wildman–Crippen LogP) is 2.19. The molecule has 12 heavy (non-hydrogen) atoms. The number of hydrogen-bond donors (Lipinski definition) is 0. The normalized spacial score (nSPS) is 11.1. The zero-order valence-corrected chi connectivity index (χ0v) is 9.73. The van der Waals surface area contributed by atoms with Gasteiger partial charge in [-0.15, -0.1) is 0 Å². The van der Waals surface area contributed by atoms with Crippen LogP contribution in [0, 0.1) is 0 Å². The minimum Gasteiger partial charge on any atom is -0.341 e. The molecule has 0 aromatic carbocycles. The zero-order chi connectivity index (χ0) is 9.94. The van der Waals surface area contributed by atoms with E-state index in [-0.39, 0.29) is 5.91 Å². The summed E-state index contributed by atoms with van der Waals surface area (Å²) in [4.78, 5) is 13.2. The van der Waals surface area contributed by atoms with Gasteiger partial charge in [-0.1, -0.05) is 28.1 Å². The molecular formula is C9H16BrNO. The van der Waals surface area contributed by atoms with E-state index in [1.54, 1.807) is 11.9 Å². The molecule has 0 aromatic heterocycles. The van der Waals surface area contributed by atoms with Gasteiger partial charge in [-0.05, 0) is 20.8 Å². The zero-order valence-electron chi connectivity index (χ0n) is 8.15. The van der Waals surface area contributed by atoms with Gasteiger partial charge in [0.1, 0.15) is 0 Å². The van der Waals surface area contributed by atoms with Crippen molar-refractivity contribution in [1.29, 1.82) is 0 Å².